The van der Waals surface area contributed by atoms with Crippen LogP contribution in [0.1, 0.15) is 6.92 Å². The second-order valence-electron chi connectivity index (χ2n) is 2.53. The Morgan fingerprint density at radius 2 is 1.67 bits per heavy atom. The summed E-state index contributed by atoms with van der Waals surface area (Å²) in [5.74, 6) is -0.212. The molecule has 12 heavy (non-hydrogen) atoms. The average molecular weight is 238 g/mol. The van der Waals surface area contributed by atoms with Gasteiger partial charge in [-0.1, -0.05) is 23.2 Å². The van der Waals surface area contributed by atoms with Crippen LogP contribution in [0.2, 0.25) is 0 Å². The third kappa shape index (κ3) is 2.91. The smallest absolute Gasteiger partial charge is 0.173 e. The number of aliphatic hydroxyl groups is 3. The topological polar surface area (TPSA) is 60.7 Å². The molecule has 3 atom stereocenters. The van der Waals surface area contributed by atoms with Crippen molar-refractivity contribution in [3.05, 3.63) is 0 Å². The number of hydrogen-bond donors (Lipinski definition) is 3. The molecule has 0 bridgehead atoms. The van der Waals surface area contributed by atoms with Crippen LogP contribution < -0.4 is 0 Å². The molecule has 3 nitrogen and oxygen atoms in total. The van der Waals surface area contributed by atoms with Crippen molar-refractivity contribution in [1.29, 1.82) is 0 Å². The van der Waals surface area contributed by atoms with Gasteiger partial charge in [-0.3, -0.25) is 0 Å². The van der Waals surface area contributed by atoms with Crippen molar-refractivity contribution >= 4 is 34.8 Å². The first-order valence-electron chi connectivity index (χ1n) is 3.32. The Balaban J connectivity index is 4.37. The highest BCUT2D eigenvalue weighted by atomic mass is 35.5. The molecule has 3 unspecified atom stereocenters. The lowest BCUT2D eigenvalue weighted by Crippen LogP contribution is -2.48. The average Bonchev–Trinajstić information content (AvgIpc) is 2.01. The van der Waals surface area contributed by atoms with Crippen molar-refractivity contribution in [2.75, 3.05) is 5.88 Å². The molecule has 6 heteroatoms. The standard InChI is InChI=1S/C6H11Cl3O3/c1-3(10)5(12)6(8,9)4(11)2-7/h3-5,10-12H,2H2,1H3. The molecule has 0 aromatic rings. The first-order chi connectivity index (χ1) is 5.34. The Hall–Kier alpha value is 0.750. The summed E-state index contributed by atoms with van der Waals surface area (Å²) < 4.78 is -1.84. The fraction of sp³-hybridized carbons (Fsp3) is 1.00. The van der Waals surface area contributed by atoms with E-state index < -0.39 is 22.6 Å². The van der Waals surface area contributed by atoms with Crippen LogP contribution in [0.3, 0.4) is 0 Å². The summed E-state index contributed by atoms with van der Waals surface area (Å²) in [5.41, 5.74) is 0. The number of alkyl halides is 3. The highest BCUT2D eigenvalue weighted by molar-refractivity contribution is 6.49. The van der Waals surface area contributed by atoms with Crippen molar-refractivity contribution in [1.82, 2.24) is 0 Å². The maximum absolute atomic E-state index is 9.22. The Morgan fingerprint density at radius 1 is 1.25 bits per heavy atom. The summed E-state index contributed by atoms with van der Waals surface area (Å²) in [7, 11) is 0. The lowest BCUT2D eigenvalue weighted by molar-refractivity contribution is -0.00648. The molecule has 0 aliphatic heterocycles. The Labute approximate surface area is 85.9 Å². The first-order valence-corrected chi connectivity index (χ1v) is 4.61. The summed E-state index contributed by atoms with van der Waals surface area (Å²) in [6, 6.07) is 0. The van der Waals surface area contributed by atoms with Crippen molar-refractivity contribution in [3.63, 3.8) is 0 Å². The molecule has 0 saturated carbocycles. The number of aliphatic hydroxyl groups excluding tert-OH is 3. The number of rotatable bonds is 4. The van der Waals surface area contributed by atoms with E-state index in [1.807, 2.05) is 0 Å². The molecule has 0 aromatic carbocycles. The summed E-state index contributed by atoms with van der Waals surface area (Å²) in [6.07, 6.45) is -3.85. The van der Waals surface area contributed by atoms with Crippen molar-refractivity contribution in [2.45, 2.75) is 29.6 Å². The minimum Gasteiger partial charge on any atom is -0.391 e. The summed E-state index contributed by atoms with van der Waals surface area (Å²) in [4.78, 5) is 0. The molecular weight excluding hydrogens is 226 g/mol. The molecule has 0 saturated heterocycles. The molecule has 0 amide bonds. The second-order valence-corrected chi connectivity index (χ2v) is 4.28. The molecule has 3 N–H and O–H groups in total. The molecule has 74 valence electrons. The van der Waals surface area contributed by atoms with Crippen molar-refractivity contribution in [3.8, 4) is 0 Å². The zero-order valence-electron chi connectivity index (χ0n) is 6.41. The van der Waals surface area contributed by atoms with Crippen LogP contribution in [0.15, 0.2) is 0 Å². The highest BCUT2D eigenvalue weighted by Gasteiger charge is 2.42. The van der Waals surface area contributed by atoms with Gasteiger partial charge in [0.05, 0.1) is 12.0 Å². The van der Waals surface area contributed by atoms with Crippen LogP contribution in [0, 0.1) is 0 Å². The van der Waals surface area contributed by atoms with E-state index in [2.05, 4.69) is 0 Å². The van der Waals surface area contributed by atoms with Crippen molar-refractivity contribution < 1.29 is 15.3 Å². The molecule has 0 aliphatic rings. The van der Waals surface area contributed by atoms with Gasteiger partial charge in [-0.2, -0.15) is 0 Å². The largest absolute Gasteiger partial charge is 0.391 e. The van der Waals surface area contributed by atoms with E-state index in [9.17, 15) is 5.11 Å². The molecule has 0 rings (SSSR count). The fourth-order valence-electron chi connectivity index (χ4n) is 0.622. The maximum atomic E-state index is 9.22. The van der Waals surface area contributed by atoms with E-state index in [0.717, 1.165) is 0 Å². The Kier molecular flexibility index (Phi) is 5.14. The van der Waals surface area contributed by atoms with Gasteiger partial charge in [-0.05, 0) is 6.92 Å². The summed E-state index contributed by atoms with van der Waals surface area (Å²) >= 11 is 16.4. The zero-order chi connectivity index (χ0) is 9.94. The van der Waals surface area contributed by atoms with Crippen LogP contribution in [0.4, 0.5) is 0 Å². The third-order valence-corrected chi connectivity index (χ3v) is 2.68. The minimum atomic E-state index is -1.84. The van der Waals surface area contributed by atoms with Gasteiger partial charge in [0.25, 0.3) is 0 Å². The van der Waals surface area contributed by atoms with Crippen LogP contribution in [-0.4, -0.2) is 43.8 Å². The summed E-state index contributed by atoms with van der Waals surface area (Å²) in [6.45, 7) is 1.31. The molecular formula is C6H11Cl3O3. The van der Waals surface area contributed by atoms with E-state index in [0.29, 0.717) is 0 Å². The van der Waals surface area contributed by atoms with Gasteiger partial charge in [0.1, 0.15) is 12.2 Å². The maximum Gasteiger partial charge on any atom is 0.173 e. The molecule has 0 heterocycles. The van der Waals surface area contributed by atoms with Gasteiger partial charge in [0.15, 0.2) is 4.33 Å². The van der Waals surface area contributed by atoms with E-state index in [1.54, 1.807) is 0 Å². The highest BCUT2D eigenvalue weighted by Crippen LogP contribution is 2.31. The van der Waals surface area contributed by atoms with Crippen LogP contribution in [0.25, 0.3) is 0 Å². The molecule has 0 fully saturated rings. The molecule has 0 radical (unpaired) electrons. The zero-order valence-corrected chi connectivity index (χ0v) is 8.68. The van der Waals surface area contributed by atoms with E-state index >= 15 is 0 Å². The van der Waals surface area contributed by atoms with E-state index in [4.69, 9.17) is 45.0 Å². The second kappa shape index (κ2) is 4.84. The monoisotopic (exact) mass is 236 g/mol. The van der Waals surface area contributed by atoms with Gasteiger partial charge < -0.3 is 15.3 Å². The summed E-state index contributed by atoms with van der Waals surface area (Å²) in [5, 5.41) is 27.3. The predicted octanol–water partition coefficient (Wildman–Crippen LogP) is 0.502. The number of halogens is 3. The van der Waals surface area contributed by atoms with Gasteiger partial charge in [-0.15, -0.1) is 11.6 Å². The molecule has 0 spiro atoms. The third-order valence-electron chi connectivity index (χ3n) is 1.44. The van der Waals surface area contributed by atoms with Crippen LogP contribution in [-0.2, 0) is 0 Å². The fourth-order valence-corrected chi connectivity index (χ4v) is 1.54. The Morgan fingerprint density at radius 3 is 1.92 bits per heavy atom. The lowest BCUT2D eigenvalue weighted by Gasteiger charge is -2.30. The lowest BCUT2D eigenvalue weighted by atomic mass is 10.1. The normalized spacial score (nSPS) is 20.2. The first kappa shape index (κ1) is 12.8. The molecule has 0 aromatic heterocycles. The van der Waals surface area contributed by atoms with Gasteiger partial charge in [-0.25, -0.2) is 0 Å². The minimum absolute atomic E-state index is 0.212. The van der Waals surface area contributed by atoms with Gasteiger partial charge in [0.2, 0.25) is 0 Å². The molecule has 0 aliphatic carbocycles. The van der Waals surface area contributed by atoms with E-state index in [1.165, 1.54) is 6.92 Å². The quantitative estimate of drug-likeness (QED) is 0.624. The SMILES string of the molecule is CC(O)C(O)C(Cl)(Cl)C(O)CCl. The van der Waals surface area contributed by atoms with E-state index in [-0.39, 0.29) is 5.88 Å². The van der Waals surface area contributed by atoms with Crippen LogP contribution in [0.5, 0.6) is 0 Å². The van der Waals surface area contributed by atoms with Gasteiger partial charge in [0, 0.05) is 0 Å². The van der Waals surface area contributed by atoms with Gasteiger partial charge >= 0.3 is 0 Å². The van der Waals surface area contributed by atoms with Crippen molar-refractivity contribution in [2.24, 2.45) is 0 Å². The van der Waals surface area contributed by atoms with Crippen LogP contribution >= 0.6 is 34.8 Å². The number of hydrogen-bond acceptors (Lipinski definition) is 3. The predicted molar refractivity (Wildman–Crippen MR) is 48.9 cm³/mol. The Bertz CT molecular complexity index is 140.